The summed E-state index contributed by atoms with van der Waals surface area (Å²) in [5.41, 5.74) is -0.000383. The van der Waals surface area contributed by atoms with Crippen LogP contribution >= 0.6 is 0 Å². The van der Waals surface area contributed by atoms with Gasteiger partial charge in [-0.05, 0) is 19.3 Å². The first kappa shape index (κ1) is 14.0. The zero-order valence-corrected chi connectivity index (χ0v) is 11.2. The third-order valence-corrected chi connectivity index (χ3v) is 3.71. The maximum Gasteiger partial charge on any atom is 0.0951 e. The Balaban J connectivity index is 1.59. The zero-order chi connectivity index (χ0) is 12.7. The first-order valence-electron chi connectivity index (χ1n) is 6.98. The van der Waals surface area contributed by atoms with Gasteiger partial charge in [-0.25, -0.2) is 0 Å². The maximum atomic E-state index is 5.91. The number of hydrogen-bond donors (Lipinski definition) is 1. The van der Waals surface area contributed by atoms with Crippen LogP contribution in [0.3, 0.4) is 0 Å². The van der Waals surface area contributed by atoms with Crippen molar-refractivity contribution in [1.82, 2.24) is 5.32 Å². The topological polar surface area (TPSA) is 39.7 Å². The average molecular weight is 255 g/mol. The Bertz CT molecular complexity index is 251. The van der Waals surface area contributed by atoms with Crippen LogP contribution in [0.1, 0.15) is 25.7 Å². The molecule has 18 heavy (non-hydrogen) atoms. The Labute approximate surface area is 110 Å². The Morgan fingerprint density at radius 1 is 1.39 bits per heavy atom. The molecule has 0 aromatic carbocycles. The average Bonchev–Trinajstić information content (AvgIpc) is 2.82. The summed E-state index contributed by atoms with van der Waals surface area (Å²) >= 11 is 0. The fourth-order valence-corrected chi connectivity index (χ4v) is 2.67. The van der Waals surface area contributed by atoms with Crippen molar-refractivity contribution in [3.63, 3.8) is 0 Å². The molecule has 2 heterocycles. The van der Waals surface area contributed by atoms with Crippen LogP contribution in [0.4, 0.5) is 0 Å². The standard InChI is InChI=1S/C14H25NO3/c1-2-3-7-16-10-6-15-13-4-8-18-14(11-13)5-9-17-12-14/h2,13,15H,1,3-12H2. The summed E-state index contributed by atoms with van der Waals surface area (Å²) < 4.78 is 16.9. The second-order valence-corrected chi connectivity index (χ2v) is 5.17. The van der Waals surface area contributed by atoms with Gasteiger partial charge in [0, 0.05) is 32.2 Å². The van der Waals surface area contributed by atoms with Gasteiger partial charge in [-0.2, -0.15) is 0 Å². The lowest BCUT2D eigenvalue weighted by Gasteiger charge is -2.37. The SMILES string of the molecule is C=CCCOCCNC1CCOC2(CCOC2)C1. The van der Waals surface area contributed by atoms with E-state index >= 15 is 0 Å². The molecule has 2 rings (SSSR count). The molecule has 2 aliphatic rings. The molecule has 0 aromatic rings. The molecular weight excluding hydrogens is 230 g/mol. The van der Waals surface area contributed by atoms with Crippen LogP contribution in [0.25, 0.3) is 0 Å². The molecule has 0 aromatic heterocycles. The normalized spacial score (nSPS) is 31.9. The molecule has 2 unspecified atom stereocenters. The van der Waals surface area contributed by atoms with Crippen molar-refractivity contribution in [2.24, 2.45) is 0 Å². The summed E-state index contributed by atoms with van der Waals surface area (Å²) in [6.07, 6.45) is 6.02. The molecule has 0 radical (unpaired) electrons. The lowest BCUT2D eigenvalue weighted by Crippen LogP contribution is -2.48. The molecule has 2 saturated heterocycles. The van der Waals surface area contributed by atoms with Crippen LogP contribution in [-0.2, 0) is 14.2 Å². The summed E-state index contributed by atoms with van der Waals surface area (Å²) in [7, 11) is 0. The van der Waals surface area contributed by atoms with Crippen molar-refractivity contribution in [3.8, 4) is 0 Å². The maximum absolute atomic E-state index is 5.91. The summed E-state index contributed by atoms with van der Waals surface area (Å²) in [4.78, 5) is 0. The molecule has 0 aliphatic carbocycles. The molecule has 4 heteroatoms. The highest BCUT2D eigenvalue weighted by molar-refractivity contribution is 4.92. The quantitative estimate of drug-likeness (QED) is 0.553. The Kier molecular flexibility index (Phi) is 5.63. The molecule has 0 bridgehead atoms. The van der Waals surface area contributed by atoms with Crippen LogP contribution in [0.15, 0.2) is 12.7 Å². The van der Waals surface area contributed by atoms with Crippen molar-refractivity contribution in [1.29, 1.82) is 0 Å². The van der Waals surface area contributed by atoms with Gasteiger partial charge in [-0.1, -0.05) is 6.08 Å². The number of nitrogens with one attached hydrogen (secondary N) is 1. The van der Waals surface area contributed by atoms with Crippen molar-refractivity contribution >= 4 is 0 Å². The Morgan fingerprint density at radius 2 is 2.33 bits per heavy atom. The van der Waals surface area contributed by atoms with E-state index in [1.165, 1.54) is 0 Å². The summed E-state index contributed by atoms with van der Waals surface area (Å²) in [6, 6.07) is 0.545. The van der Waals surface area contributed by atoms with Gasteiger partial charge in [0.15, 0.2) is 0 Å². The second kappa shape index (κ2) is 7.24. The van der Waals surface area contributed by atoms with E-state index in [-0.39, 0.29) is 5.60 Å². The third kappa shape index (κ3) is 4.05. The van der Waals surface area contributed by atoms with Gasteiger partial charge >= 0.3 is 0 Å². The lowest BCUT2D eigenvalue weighted by molar-refractivity contribution is -0.0896. The van der Waals surface area contributed by atoms with Gasteiger partial charge in [-0.15, -0.1) is 6.58 Å². The number of rotatable bonds is 7. The van der Waals surface area contributed by atoms with E-state index in [0.717, 1.165) is 65.3 Å². The number of ether oxygens (including phenoxy) is 3. The zero-order valence-electron chi connectivity index (χ0n) is 11.2. The molecule has 0 saturated carbocycles. The van der Waals surface area contributed by atoms with E-state index in [1.54, 1.807) is 0 Å². The van der Waals surface area contributed by atoms with Gasteiger partial charge in [0.05, 0.1) is 25.4 Å². The minimum absolute atomic E-state index is 0.000383. The lowest BCUT2D eigenvalue weighted by atomic mass is 9.90. The van der Waals surface area contributed by atoms with Gasteiger partial charge in [-0.3, -0.25) is 0 Å². The van der Waals surface area contributed by atoms with Crippen molar-refractivity contribution in [2.75, 3.05) is 39.6 Å². The van der Waals surface area contributed by atoms with Crippen molar-refractivity contribution in [3.05, 3.63) is 12.7 Å². The molecule has 4 nitrogen and oxygen atoms in total. The van der Waals surface area contributed by atoms with E-state index < -0.39 is 0 Å². The van der Waals surface area contributed by atoms with Crippen LogP contribution in [0.2, 0.25) is 0 Å². The highest BCUT2D eigenvalue weighted by Gasteiger charge is 2.40. The second-order valence-electron chi connectivity index (χ2n) is 5.17. The fourth-order valence-electron chi connectivity index (χ4n) is 2.67. The minimum atomic E-state index is -0.000383. The Hall–Kier alpha value is -0.420. The van der Waals surface area contributed by atoms with Crippen LogP contribution in [-0.4, -0.2) is 51.2 Å². The largest absolute Gasteiger partial charge is 0.380 e. The van der Waals surface area contributed by atoms with E-state index in [2.05, 4.69) is 11.9 Å². The molecule has 1 N–H and O–H groups in total. The van der Waals surface area contributed by atoms with E-state index in [9.17, 15) is 0 Å². The summed E-state index contributed by atoms with van der Waals surface area (Å²) in [5.74, 6) is 0. The predicted octanol–water partition coefficient (Wildman–Crippen LogP) is 1.51. The Morgan fingerprint density at radius 3 is 3.11 bits per heavy atom. The van der Waals surface area contributed by atoms with E-state index in [4.69, 9.17) is 14.2 Å². The number of hydrogen-bond acceptors (Lipinski definition) is 4. The smallest absolute Gasteiger partial charge is 0.0951 e. The summed E-state index contributed by atoms with van der Waals surface area (Å²) in [6.45, 7) is 8.59. The van der Waals surface area contributed by atoms with Crippen molar-refractivity contribution in [2.45, 2.75) is 37.3 Å². The molecule has 1 spiro atoms. The fraction of sp³-hybridized carbons (Fsp3) is 0.857. The first-order valence-corrected chi connectivity index (χ1v) is 6.98. The third-order valence-electron chi connectivity index (χ3n) is 3.71. The first-order chi connectivity index (χ1) is 8.85. The van der Waals surface area contributed by atoms with Gasteiger partial charge < -0.3 is 19.5 Å². The molecule has 2 fully saturated rings. The molecule has 2 aliphatic heterocycles. The highest BCUT2D eigenvalue weighted by atomic mass is 16.6. The van der Waals surface area contributed by atoms with Gasteiger partial charge in [0.1, 0.15) is 0 Å². The van der Waals surface area contributed by atoms with Crippen molar-refractivity contribution < 1.29 is 14.2 Å². The monoisotopic (exact) mass is 255 g/mol. The van der Waals surface area contributed by atoms with Gasteiger partial charge in [0.25, 0.3) is 0 Å². The molecular formula is C14H25NO3. The van der Waals surface area contributed by atoms with Crippen LogP contribution in [0.5, 0.6) is 0 Å². The molecule has 0 amide bonds. The van der Waals surface area contributed by atoms with Gasteiger partial charge in [0.2, 0.25) is 0 Å². The molecule has 104 valence electrons. The minimum Gasteiger partial charge on any atom is -0.380 e. The predicted molar refractivity (Wildman–Crippen MR) is 70.8 cm³/mol. The summed E-state index contributed by atoms with van der Waals surface area (Å²) in [5, 5.41) is 3.56. The van der Waals surface area contributed by atoms with Crippen LogP contribution in [0, 0.1) is 0 Å². The van der Waals surface area contributed by atoms with E-state index in [0.29, 0.717) is 6.04 Å². The molecule has 2 atom stereocenters. The highest BCUT2D eigenvalue weighted by Crippen LogP contribution is 2.32. The van der Waals surface area contributed by atoms with Crippen LogP contribution < -0.4 is 5.32 Å². The van der Waals surface area contributed by atoms with E-state index in [1.807, 2.05) is 6.08 Å².